The number of amides is 1. The molecule has 3 nitrogen and oxygen atoms in total. The molecule has 0 spiro atoms. The van der Waals surface area contributed by atoms with E-state index in [4.69, 9.17) is 17.3 Å². The maximum Gasteiger partial charge on any atom is 0.226 e. The number of benzene rings is 1. The summed E-state index contributed by atoms with van der Waals surface area (Å²) in [5.41, 5.74) is 6.60. The summed E-state index contributed by atoms with van der Waals surface area (Å²) in [7, 11) is 1.79. The average molecular weight is 255 g/mol. The highest BCUT2D eigenvalue weighted by Crippen LogP contribution is 2.13. The van der Waals surface area contributed by atoms with Crippen molar-refractivity contribution in [1.82, 2.24) is 4.90 Å². The van der Waals surface area contributed by atoms with Gasteiger partial charge in [0.05, 0.1) is 5.92 Å². The maximum absolute atomic E-state index is 12.0. The Hall–Kier alpha value is -1.06. The Morgan fingerprint density at radius 2 is 2.24 bits per heavy atom. The third-order valence-corrected chi connectivity index (χ3v) is 3.05. The molecular weight excluding hydrogens is 236 g/mol. The van der Waals surface area contributed by atoms with Gasteiger partial charge in [0.1, 0.15) is 0 Å². The number of carbonyl (C=O) groups is 1. The van der Waals surface area contributed by atoms with Gasteiger partial charge in [-0.2, -0.15) is 0 Å². The molecule has 0 aliphatic heterocycles. The number of rotatable bonds is 5. The molecule has 0 aromatic heterocycles. The van der Waals surface area contributed by atoms with E-state index < -0.39 is 0 Å². The Balaban J connectivity index is 2.65. The Labute approximate surface area is 108 Å². The van der Waals surface area contributed by atoms with Crippen molar-refractivity contribution < 1.29 is 4.79 Å². The van der Waals surface area contributed by atoms with Crippen molar-refractivity contribution >= 4 is 17.5 Å². The molecule has 4 heteroatoms. The molecule has 0 heterocycles. The van der Waals surface area contributed by atoms with E-state index in [1.165, 1.54) is 0 Å². The Bertz CT molecular complexity index is 377. The normalized spacial score (nSPS) is 12.2. The van der Waals surface area contributed by atoms with E-state index in [2.05, 4.69) is 0 Å². The van der Waals surface area contributed by atoms with E-state index in [9.17, 15) is 4.79 Å². The maximum atomic E-state index is 12.0. The Morgan fingerprint density at radius 1 is 1.53 bits per heavy atom. The van der Waals surface area contributed by atoms with Gasteiger partial charge < -0.3 is 10.6 Å². The second kappa shape index (κ2) is 6.62. The first kappa shape index (κ1) is 14.0. The van der Waals surface area contributed by atoms with Gasteiger partial charge in [-0.15, -0.1) is 0 Å². The van der Waals surface area contributed by atoms with Crippen LogP contribution >= 0.6 is 11.6 Å². The summed E-state index contributed by atoms with van der Waals surface area (Å²) in [6.45, 7) is 2.94. The van der Waals surface area contributed by atoms with Crippen LogP contribution in [0, 0.1) is 5.92 Å². The minimum absolute atomic E-state index is 0.0841. The average Bonchev–Trinajstić information content (AvgIpc) is 2.30. The van der Waals surface area contributed by atoms with Crippen molar-refractivity contribution in [3.8, 4) is 0 Å². The number of nitrogens with zero attached hydrogens (tertiary/aromatic N) is 1. The summed E-state index contributed by atoms with van der Waals surface area (Å²) in [4.78, 5) is 13.7. The second-order valence-electron chi connectivity index (χ2n) is 4.17. The summed E-state index contributed by atoms with van der Waals surface area (Å²) in [5.74, 6) is 0.00848. The largest absolute Gasteiger partial charge is 0.341 e. The standard InChI is InChI=1S/C13H19ClN2O/c1-3-11(8-15)13(17)16(2)9-10-5-4-6-12(14)7-10/h4-7,11H,3,8-9,15H2,1-2H3. The third kappa shape index (κ3) is 4.02. The molecule has 0 saturated carbocycles. The molecular formula is C13H19ClN2O. The van der Waals surface area contributed by atoms with Crippen molar-refractivity contribution in [3.63, 3.8) is 0 Å². The van der Waals surface area contributed by atoms with Crippen LogP contribution in [-0.4, -0.2) is 24.4 Å². The molecule has 0 fully saturated rings. The minimum Gasteiger partial charge on any atom is -0.341 e. The molecule has 17 heavy (non-hydrogen) atoms. The van der Waals surface area contributed by atoms with Gasteiger partial charge in [0, 0.05) is 25.2 Å². The highest BCUT2D eigenvalue weighted by atomic mass is 35.5. The lowest BCUT2D eigenvalue weighted by Gasteiger charge is -2.22. The lowest BCUT2D eigenvalue weighted by molar-refractivity contribution is -0.134. The van der Waals surface area contributed by atoms with Crippen LogP contribution in [0.4, 0.5) is 0 Å². The zero-order chi connectivity index (χ0) is 12.8. The van der Waals surface area contributed by atoms with Crippen molar-refractivity contribution in [2.24, 2.45) is 11.7 Å². The van der Waals surface area contributed by atoms with E-state index >= 15 is 0 Å². The number of carbonyl (C=O) groups excluding carboxylic acids is 1. The van der Waals surface area contributed by atoms with Crippen LogP contribution in [0.3, 0.4) is 0 Å². The molecule has 1 unspecified atom stereocenters. The van der Waals surface area contributed by atoms with E-state index in [-0.39, 0.29) is 11.8 Å². The van der Waals surface area contributed by atoms with Crippen LogP contribution in [0.2, 0.25) is 5.02 Å². The van der Waals surface area contributed by atoms with Crippen LogP contribution in [0.25, 0.3) is 0 Å². The van der Waals surface area contributed by atoms with Crippen molar-refractivity contribution in [2.75, 3.05) is 13.6 Å². The number of hydrogen-bond acceptors (Lipinski definition) is 2. The van der Waals surface area contributed by atoms with Crippen LogP contribution in [0.1, 0.15) is 18.9 Å². The number of halogens is 1. The van der Waals surface area contributed by atoms with Crippen LogP contribution in [0.15, 0.2) is 24.3 Å². The zero-order valence-electron chi connectivity index (χ0n) is 10.3. The monoisotopic (exact) mass is 254 g/mol. The predicted octanol–water partition coefficient (Wildman–Crippen LogP) is 2.28. The topological polar surface area (TPSA) is 46.3 Å². The minimum atomic E-state index is -0.0841. The van der Waals surface area contributed by atoms with Gasteiger partial charge in [-0.1, -0.05) is 30.7 Å². The molecule has 1 aromatic carbocycles. The third-order valence-electron chi connectivity index (χ3n) is 2.81. The number of nitrogens with two attached hydrogens (primary N) is 1. The molecule has 0 bridgehead atoms. The second-order valence-corrected chi connectivity index (χ2v) is 4.60. The molecule has 0 radical (unpaired) electrons. The van der Waals surface area contributed by atoms with Crippen molar-refractivity contribution in [1.29, 1.82) is 0 Å². The van der Waals surface area contributed by atoms with Crippen LogP contribution < -0.4 is 5.73 Å². The fourth-order valence-electron chi connectivity index (χ4n) is 1.74. The van der Waals surface area contributed by atoms with Gasteiger partial charge in [-0.3, -0.25) is 4.79 Å². The molecule has 1 amide bonds. The van der Waals surface area contributed by atoms with E-state index in [1.807, 2.05) is 31.2 Å². The Kier molecular flexibility index (Phi) is 5.45. The summed E-state index contributed by atoms with van der Waals surface area (Å²) in [5, 5.41) is 0.689. The Morgan fingerprint density at radius 3 is 2.76 bits per heavy atom. The molecule has 2 N–H and O–H groups in total. The van der Waals surface area contributed by atoms with Crippen molar-refractivity contribution in [2.45, 2.75) is 19.9 Å². The molecule has 0 saturated heterocycles. The van der Waals surface area contributed by atoms with Gasteiger partial charge in [0.25, 0.3) is 0 Å². The van der Waals surface area contributed by atoms with Gasteiger partial charge in [0.2, 0.25) is 5.91 Å². The highest BCUT2D eigenvalue weighted by Gasteiger charge is 2.18. The first-order chi connectivity index (χ1) is 8.08. The van der Waals surface area contributed by atoms with E-state index in [1.54, 1.807) is 11.9 Å². The molecule has 1 atom stereocenters. The first-order valence-electron chi connectivity index (χ1n) is 5.78. The first-order valence-corrected chi connectivity index (χ1v) is 6.15. The summed E-state index contributed by atoms with van der Waals surface area (Å²) in [6, 6.07) is 7.53. The fraction of sp³-hybridized carbons (Fsp3) is 0.462. The summed E-state index contributed by atoms with van der Waals surface area (Å²) in [6.07, 6.45) is 0.773. The SMILES string of the molecule is CCC(CN)C(=O)N(C)Cc1cccc(Cl)c1. The summed E-state index contributed by atoms with van der Waals surface area (Å²) >= 11 is 5.90. The van der Waals surface area contributed by atoms with E-state index in [0.29, 0.717) is 18.1 Å². The quantitative estimate of drug-likeness (QED) is 0.876. The molecule has 0 aliphatic rings. The smallest absolute Gasteiger partial charge is 0.226 e. The lowest BCUT2D eigenvalue weighted by atomic mass is 10.1. The number of hydrogen-bond donors (Lipinski definition) is 1. The lowest BCUT2D eigenvalue weighted by Crippen LogP contribution is -2.35. The van der Waals surface area contributed by atoms with Gasteiger partial charge >= 0.3 is 0 Å². The fourth-order valence-corrected chi connectivity index (χ4v) is 1.95. The van der Waals surface area contributed by atoms with Gasteiger partial charge in [0.15, 0.2) is 0 Å². The summed E-state index contributed by atoms with van der Waals surface area (Å²) < 4.78 is 0. The predicted molar refractivity (Wildman–Crippen MR) is 70.8 cm³/mol. The van der Waals surface area contributed by atoms with Crippen LogP contribution in [0.5, 0.6) is 0 Å². The van der Waals surface area contributed by atoms with Crippen molar-refractivity contribution in [3.05, 3.63) is 34.9 Å². The molecule has 0 aliphatic carbocycles. The zero-order valence-corrected chi connectivity index (χ0v) is 11.1. The van der Waals surface area contributed by atoms with Gasteiger partial charge in [-0.05, 0) is 24.1 Å². The molecule has 1 rings (SSSR count). The van der Waals surface area contributed by atoms with Gasteiger partial charge in [-0.25, -0.2) is 0 Å². The molecule has 94 valence electrons. The van der Waals surface area contributed by atoms with Crippen LogP contribution in [-0.2, 0) is 11.3 Å². The van der Waals surface area contributed by atoms with E-state index in [0.717, 1.165) is 12.0 Å². The highest BCUT2D eigenvalue weighted by molar-refractivity contribution is 6.30. The molecule has 1 aromatic rings.